The molecule has 0 radical (unpaired) electrons. The van der Waals surface area contributed by atoms with Crippen LogP contribution in [-0.2, 0) is 0 Å². The second-order valence-electron chi connectivity index (χ2n) is 4.25. The number of para-hydroxylation sites is 2. The summed E-state index contributed by atoms with van der Waals surface area (Å²) in [4.78, 5) is 13.8. The maximum absolute atomic E-state index is 12.9. The molecule has 0 aliphatic heterocycles. The van der Waals surface area contributed by atoms with Gasteiger partial charge in [-0.15, -0.1) is 0 Å². The maximum Gasteiger partial charge on any atom is 0.258 e. The summed E-state index contributed by atoms with van der Waals surface area (Å²) in [5.41, 5.74) is 7.16. The van der Waals surface area contributed by atoms with Gasteiger partial charge >= 0.3 is 0 Å². The zero-order chi connectivity index (χ0) is 14.5. The molecule has 20 heavy (non-hydrogen) atoms. The molecule has 0 aromatic heterocycles. The van der Waals surface area contributed by atoms with Crippen LogP contribution >= 0.6 is 0 Å². The molecule has 0 heterocycles. The fourth-order valence-corrected chi connectivity index (χ4v) is 1.91. The van der Waals surface area contributed by atoms with Gasteiger partial charge in [0.25, 0.3) is 5.91 Å². The van der Waals surface area contributed by atoms with E-state index in [0.717, 1.165) is 0 Å². The number of hydrogen-bond donors (Lipinski definition) is 2. The Hall–Kier alpha value is -2.40. The zero-order valence-corrected chi connectivity index (χ0v) is 10.8. The highest BCUT2D eigenvalue weighted by Gasteiger charge is 2.18. The van der Waals surface area contributed by atoms with Crippen molar-refractivity contribution in [3.05, 3.63) is 59.9 Å². The van der Waals surface area contributed by atoms with Gasteiger partial charge in [-0.25, -0.2) is 4.39 Å². The van der Waals surface area contributed by atoms with Gasteiger partial charge in [0.05, 0.1) is 18.0 Å². The summed E-state index contributed by atoms with van der Waals surface area (Å²) in [5.74, 6) is -0.744. The van der Waals surface area contributed by atoms with Crippen LogP contribution in [0.4, 0.5) is 15.8 Å². The summed E-state index contributed by atoms with van der Waals surface area (Å²) in [5, 5.41) is 9.13. The summed E-state index contributed by atoms with van der Waals surface area (Å²) < 4.78 is 12.9. The number of nitrogen functional groups attached to an aromatic ring is 1. The van der Waals surface area contributed by atoms with Crippen molar-refractivity contribution in [3.8, 4) is 0 Å². The van der Waals surface area contributed by atoms with Crippen LogP contribution in [0.15, 0.2) is 48.5 Å². The molecule has 2 aromatic carbocycles. The van der Waals surface area contributed by atoms with Crippen LogP contribution in [0.5, 0.6) is 0 Å². The van der Waals surface area contributed by atoms with E-state index in [0.29, 0.717) is 16.9 Å². The van der Waals surface area contributed by atoms with E-state index in [1.165, 1.54) is 29.2 Å². The van der Waals surface area contributed by atoms with E-state index in [2.05, 4.69) is 0 Å². The number of carbonyl (C=O) groups is 1. The number of rotatable bonds is 4. The van der Waals surface area contributed by atoms with E-state index in [9.17, 15) is 9.18 Å². The Morgan fingerprint density at radius 2 is 1.80 bits per heavy atom. The molecule has 4 nitrogen and oxygen atoms in total. The summed E-state index contributed by atoms with van der Waals surface area (Å²) >= 11 is 0. The smallest absolute Gasteiger partial charge is 0.258 e. The first kappa shape index (κ1) is 14.0. The van der Waals surface area contributed by atoms with Crippen molar-refractivity contribution in [2.24, 2.45) is 0 Å². The molecule has 0 atom stereocenters. The van der Waals surface area contributed by atoms with Gasteiger partial charge in [-0.05, 0) is 36.4 Å². The fourth-order valence-electron chi connectivity index (χ4n) is 1.91. The van der Waals surface area contributed by atoms with Gasteiger partial charge in [-0.2, -0.15) is 0 Å². The number of anilines is 2. The van der Waals surface area contributed by atoms with Crippen molar-refractivity contribution in [3.63, 3.8) is 0 Å². The summed E-state index contributed by atoms with van der Waals surface area (Å²) in [6.07, 6.45) is 0. The number of nitrogens with zero attached hydrogens (tertiary/aromatic N) is 1. The lowest BCUT2D eigenvalue weighted by Gasteiger charge is -2.23. The number of aliphatic hydroxyl groups excluding tert-OH is 1. The predicted molar refractivity (Wildman–Crippen MR) is 76.0 cm³/mol. The summed E-state index contributed by atoms with van der Waals surface area (Å²) in [6, 6.07) is 12.1. The summed E-state index contributed by atoms with van der Waals surface area (Å²) in [7, 11) is 0. The molecule has 2 aromatic rings. The van der Waals surface area contributed by atoms with Gasteiger partial charge in [-0.1, -0.05) is 12.1 Å². The number of benzene rings is 2. The molecule has 0 aliphatic rings. The Morgan fingerprint density at radius 1 is 1.15 bits per heavy atom. The Morgan fingerprint density at radius 3 is 2.40 bits per heavy atom. The second kappa shape index (κ2) is 6.16. The first-order valence-electron chi connectivity index (χ1n) is 6.16. The van der Waals surface area contributed by atoms with Crippen LogP contribution < -0.4 is 10.6 Å². The molecule has 5 heteroatoms. The Labute approximate surface area is 116 Å². The van der Waals surface area contributed by atoms with E-state index >= 15 is 0 Å². The third-order valence-electron chi connectivity index (χ3n) is 2.89. The number of amides is 1. The number of nitrogens with two attached hydrogens (primary N) is 1. The average molecular weight is 274 g/mol. The highest BCUT2D eigenvalue weighted by Crippen LogP contribution is 2.24. The van der Waals surface area contributed by atoms with Crippen LogP contribution in [0.3, 0.4) is 0 Å². The van der Waals surface area contributed by atoms with Gasteiger partial charge in [0.2, 0.25) is 0 Å². The minimum Gasteiger partial charge on any atom is -0.397 e. The minimum absolute atomic E-state index is 0.115. The van der Waals surface area contributed by atoms with Crippen LogP contribution in [0.1, 0.15) is 10.4 Å². The topological polar surface area (TPSA) is 66.6 Å². The molecular weight excluding hydrogens is 259 g/mol. The van der Waals surface area contributed by atoms with Crippen molar-refractivity contribution >= 4 is 17.3 Å². The molecule has 0 aliphatic carbocycles. The number of hydrogen-bond acceptors (Lipinski definition) is 3. The van der Waals surface area contributed by atoms with E-state index < -0.39 is 5.82 Å². The monoisotopic (exact) mass is 274 g/mol. The van der Waals surface area contributed by atoms with Gasteiger partial charge in [0, 0.05) is 12.1 Å². The first-order chi connectivity index (χ1) is 9.63. The number of halogens is 1. The van der Waals surface area contributed by atoms with E-state index in [4.69, 9.17) is 10.8 Å². The molecule has 2 rings (SSSR count). The number of aliphatic hydroxyl groups is 1. The van der Waals surface area contributed by atoms with Crippen molar-refractivity contribution in [2.75, 3.05) is 23.8 Å². The van der Waals surface area contributed by atoms with Crippen LogP contribution in [0, 0.1) is 5.82 Å². The Bertz CT molecular complexity index is 599. The number of carbonyl (C=O) groups excluding carboxylic acids is 1. The molecule has 0 unspecified atom stereocenters. The largest absolute Gasteiger partial charge is 0.397 e. The Kier molecular flexibility index (Phi) is 4.32. The Balaban J connectivity index is 2.36. The molecule has 104 valence electrons. The minimum atomic E-state index is -0.408. The predicted octanol–water partition coefficient (Wildman–Crippen LogP) is 2.05. The van der Waals surface area contributed by atoms with Crippen LogP contribution in [0.2, 0.25) is 0 Å². The van der Waals surface area contributed by atoms with Gasteiger partial charge in [0.15, 0.2) is 0 Å². The highest BCUT2D eigenvalue weighted by molar-refractivity contribution is 6.07. The van der Waals surface area contributed by atoms with Crippen molar-refractivity contribution in [2.45, 2.75) is 0 Å². The molecule has 0 spiro atoms. The zero-order valence-electron chi connectivity index (χ0n) is 10.8. The molecule has 0 saturated carbocycles. The standard InChI is InChI=1S/C15H15FN2O2/c16-12-7-5-11(6-8-12)15(20)18(9-10-19)14-4-2-1-3-13(14)17/h1-8,19H,9-10,17H2. The molecule has 3 N–H and O–H groups in total. The lowest BCUT2D eigenvalue weighted by atomic mass is 10.1. The van der Waals surface area contributed by atoms with Gasteiger partial charge in [0.1, 0.15) is 5.82 Å². The normalized spacial score (nSPS) is 10.3. The molecule has 0 saturated heterocycles. The second-order valence-corrected chi connectivity index (χ2v) is 4.25. The van der Waals surface area contributed by atoms with Crippen molar-refractivity contribution in [1.29, 1.82) is 0 Å². The summed E-state index contributed by atoms with van der Waals surface area (Å²) in [6.45, 7) is -0.0777. The van der Waals surface area contributed by atoms with E-state index in [1.807, 2.05) is 0 Å². The maximum atomic E-state index is 12.9. The van der Waals surface area contributed by atoms with Gasteiger partial charge in [-0.3, -0.25) is 4.79 Å². The quantitative estimate of drug-likeness (QED) is 0.838. The van der Waals surface area contributed by atoms with Crippen molar-refractivity contribution in [1.82, 2.24) is 0 Å². The fraction of sp³-hybridized carbons (Fsp3) is 0.133. The highest BCUT2D eigenvalue weighted by atomic mass is 19.1. The van der Waals surface area contributed by atoms with Crippen molar-refractivity contribution < 1.29 is 14.3 Å². The third-order valence-corrected chi connectivity index (χ3v) is 2.89. The average Bonchev–Trinajstić information content (AvgIpc) is 2.46. The third kappa shape index (κ3) is 2.95. The van der Waals surface area contributed by atoms with Gasteiger partial charge < -0.3 is 15.7 Å². The van der Waals surface area contributed by atoms with Crippen LogP contribution in [-0.4, -0.2) is 24.2 Å². The van der Waals surface area contributed by atoms with Crippen LogP contribution in [0.25, 0.3) is 0 Å². The first-order valence-corrected chi connectivity index (χ1v) is 6.16. The lowest BCUT2D eigenvalue weighted by molar-refractivity contribution is 0.0981. The molecular formula is C15H15FN2O2. The SMILES string of the molecule is Nc1ccccc1N(CCO)C(=O)c1ccc(F)cc1. The van der Waals surface area contributed by atoms with E-state index in [-0.39, 0.29) is 19.1 Å². The molecule has 0 fully saturated rings. The lowest BCUT2D eigenvalue weighted by Crippen LogP contribution is -2.34. The van der Waals surface area contributed by atoms with E-state index in [1.54, 1.807) is 24.3 Å². The molecule has 0 bridgehead atoms. The molecule has 1 amide bonds.